The summed E-state index contributed by atoms with van der Waals surface area (Å²) in [6.07, 6.45) is 10.5. The first-order valence-electron chi connectivity index (χ1n) is 9.49. The number of nitrogen functional groups attached to an aromatic ring is 1. The predicted octanol–water partition coefficient (Wildman–Crippen LogP) is 3.82. The van der Waals surface area contributed by atoms with Crippen LogP contribution in [0.3, 0.4) is 0 Å². The first kappa shape index (κ1) is 16.0. The number of aromatic nitrogens is 2. The fourth-order valence-corrected chi connectivity index (χ4v) is 5.70. The van der Waals surface area contributed by atoms with E-state index in [0.29, 0.717) is 22.9 Å². The monoisotopic (exact) mass is 329 g/mol. The zero-order chi connectivity index (χ0) is 16.9. The number of hydrogen-bond donors (Lipinski definition) is 2. The molecule has 2 saturated carbocycles. The summed E-state index contributed by atoms with van der Waals surface area (Å²) in [5, 5.41) is 3.56. The van der Waals surface area contributed by atoms with E-state index in [1.54, 1.807) is 6.33 Å². The first-order valence-corrected chi connectivity index (χ1v) is 9.49. The molecule has 2 heterocycles. The maximum atomic E-state index is 6.51. The van der Waals surface area contributed by atoms with Gasteiger partial charge < -0.3 is 16.0 Å². The second-order valence-corrected chi connectivity index (χ2v) is 9.43. The topological polar surface area (TPSA) is 67.1 Å². The van der Waals surface area contributed by atoms with Crippen molar-refractivity contribution in [1.82, 2.24) is 9.97 Å². The van der Waals surface area contributed by atoms with Gasteiger partial charge in [-0.1, -0.05) is 33.6 Å². The fourth-order valence-electron chi connectivity index (χ4n) is 5.70. The number of nitrogens with two attached hydrogens (primary N) is 1. The largest absolute Gasteiger partial charge is 0.393 e. The Morgan fingerprint density at radius 3 is 2.67 bits per heavy atom. The van der Waals surface area contributed by atoms with Crippen molar-refractivity contribution in [2.24, 2.45) is 10.8 Å². The minimum absolute atomic E-state index is 0.378. The molecule has 132 valence electrons. The normalized spacial score (nSPS) is 32.3. The third-order valence-electron chi connectivity index (χ3n) is 6.25. The highest BCUT2D eigenvalue weighted by molar-refractivity contribution is 5.75. The van der Waals surface area contributed by atoms with Gasteiger partial charge in [0.15, 0.2) is 11.6 Å². The van der Waals surface area contributed by atoms with Gasteiger partial charge in [-0.3, -0.25) is 0 Å². The number of nitrogens with one attached hydrogen (secondary N) is 1. The molecule has 0 aromatic carbocycles. The number of fused-ring (bicyclic) bond motifs is 2. The summed E-state index contributed by atoms with van der Waals surface area (Å²) >= 11 is 0. The van der Waals surface area contributed by atoms with Crippen molar-refractivity contribution < 1.29 is 0 Å². The summed E-state index contributed by atoms with van der Waals surface area (Å²) in [5.41, 5.74) is 8.02. The first-order chi connectivity index (χ1) is 11.4. The molecule has 2 atom stereocenters. The number of rotatable bonds is 3. The van der Waals surface area contributed by atoms with Crippen LogP contribution in [0.15, 0.2) is 6.33 Å². The molecule has 2 aliphatic carbocycles. The van der Waals surface area contributed by atoms with Gasteiger partial charge in [-0.2, -0.15) is 0 Å². The van der Waals surface area contributed by atoms with Gasteiger partial charge in [0.2, 0.25) is 0 Å². The number of anilines is 3. The van der Waals surface area contributed by atoms with Crippen molar-refractivity contribution >= 4 is 17.3 Å². The highest BCUT2D eigenvalue weighted by atomic mass is 15.3. The van der Waals surface area contributed by atoms with Crippen LogP contribution in [0, 0.1) is 10.8 Å². The molecule has 3 aliphatic rings. The third-order valence-corrected chi connectivity index (χ3v) is 6.25. The molecule has 5 nitrogen and oxygen atoms in total. The summed E-state index contributed by atoms with van der Waals surface area (Å²) in [5.74, 6) is 1.77. The van der Waals surface area contributed by atoms with E-state index in [0.717, 1.165) is 23.9 Å². The molecule has 2 bridgehead atoms. The lowest BCUT2D eigenvalue weighted by Crippen LogP contribution is -2.35. The molecule has 1 saturated heterocycles. The molecule has 2 unspecified atom stereocenters. The predicted molar refractivity (Wildman–Crippen MR) is 99.2 cm³/mol. The molecule has 3 fully saturated rings. The van der Waals surface area contributed by atoms with Crippen LogP contribution < -0.4 is 16.0 Å². The number of hydrogen-bond acceptors (Lipinski definition) is 5. The van der Waals surface area contributed by atoms with E-state index in [2.05, 4.69) is 41.0 Å². The van der Waals surface area contributed by atoms with Crippen LogP contribution in [0.2, 0.25) is 0 Å². The minimum atomic E-state index is 0.378. The second-order valence-electron chi connectivity index (χ2n) is 9.43. The minimum Gasteiger partial charge on any atom is -0.393 e. The van der Waals surface area contributed by atoms with Gasteiger partial charge in [0.25, 0.3) is 0 Å². The third kappa shape index (κ3) is 2.82. The maximum absolute atomic E-state index is 6.51. The van der Waals surface area contributed by atoms with Gasteiger partial charge in [0, 0.05) is 18.6 Å². The Kier molecular flexibility index (Phi) is 3.66. The highest BCUT2D eigenvalue weighted by Gasteiger charge is 2.50. The van der Waals surface area contributed by atoms with E-state index in [9.17, 15) is 0 Å². The van der Waals surface area contributed by atoms with Crippen molar-refractivity contribution in [2.45, 2.75) is 77.8 Å². The SMILES string of the molecule is CC1(C)CC2CC(C)(CN2c2ncnc(NC3CCCC3)c2N)C1. The van der Waals surface area contributed by atoms with Crippen LogP contribution in [-0.4, -0.2) is 28.6 Å². The van der Waals surface area contributed by atoms with Crippen molar-refractivity contribution in [1.29, 1.82) is 0 Å². The summed E-state index contributed by atoms with van der Waals surface area (Å²) in [6, 6.07) is 1.07. The van der Waals surface area contributed by atoms with E-state index in [4.69, 9.17) is 5.73 Å². The van der Waals surface area contributed by atoms with Crippen molar-refractivity contribution in [3.05, 3.63) is 6.33 Å². The summed E-state index contributed by atoms with van der Waals surface area (Å²) in [4.78, 5) is 11.5. The van der Waals surface area contributed by atoms with Gasteiger partial charge in [0.1, 0.15) is 12.0 Å². The average molecular weight is 329 g/mol. The Morgan fingerprint density at radius 1 is 1.17 bits per heavy atom. The molecular weight excluding hydrogens is 298 g/mol. The molecule has 4 rings (SSSR count). The Balaban J connectivity index is 1.60. The maximum Gasteiger partial charge on any atom is 0.157 e. The standard InChI is InChI=1S/C19H31N5/c1-18(2)8-14-9-19(3,10-18)11-24(14)17-15(20)16(21-12-22-17)23-13-6-4-5-7-13/h12-14H,4-11,20H2,1-3H3,(H,21,22,23). The molecule has 0 radical (unpaired) electrons. The molecule has 1 aliphatic heterocycles. The lowest BCUT2D eigenvalue weighted by Gasteiger charge is -2.39. The quantitative estimate of drug-likeness (QED) is 0.882. The smallest absolute Gasteiger partial charge is 0.157 e. The van der Waals surface area contributed by atoms with E-state index in [1.165, 1.54) is 44.9 Å². The van der Waals surface area contributed by atoms with Gasteiger partial charge >= 0.3 is 0 Å². The summed E-state index contributed by atoms with van der Waals surface area (Å²) < 4.78 is 0. The molecule has 3 N–H and O–H groups in total. The fraction of sp³-hybridized carbons (Fsp3) is 0.789. The van der Waals surface area contributed by atoms with Crippen molar-refractivity contribution in [2.75, 3.05) is 22.5 Å². The molecule has 1 aromatic rings. The van der Waals surface area contributed by atoms with Crippen LogP contribution >= 0.6 is 0 Å². The van der Waals surface area contributed by atoms with E-state index in [1.807, 2.05) is 0 Å². The second kappa shape index (κ2) is 5.50. The molecular formula is C19H31N5. The zero-order valence-corrected chi connectivity index (χ0v) is 15.3. The van der Waals surface area contributed by atoms with Gasteiger partial charge in [-0.25, -0.2) is 9.97 Å². The summed E-state index contributed by atoms with van der Waals surface area (Å²) in [6.45, 7) is 8.29. The molecule has 1 aromatic heterocycles. The molecule has 0 spiro atoms. The Morgan fingerprint density at radius 2 is 1.92 bits per heavy atom. The number of nitrogens with zero attached hydrogens (tertiary/aromatic N) is 3. The average Bonchev–Trinajstić information content (AvgIpc) is 3.06. The van der Waals surface area contributed by atoms with E-state index in [-0.39, 0.29) is 0 Å². The zero-order valence-electron chi connectivity index (χ0n) is 15.3. The van der Waals surface area contributed by atoms with Crippen molar-refractivity contribution in [3.63, 3.8) is 0 Å². The van der Waals surface area contributed by atoms with Crippen LogP contribution in [-0.2, 0) is 0 Å². The lowest BCUT2D eigenvalue weighted by molar-refractivity contribution is 0.136. The van der Waals surface area contributed by atoms with Crippen LogP contribution in [0.4, 0.5) is 17.3 Å². The van der Waals surface area contributed by atoms with Crippen LogP contribution in [0.25, 0.3) is 0 Å². The van der Waals surface area contributed by atoms with Crippen molar-refractivity contribution in [3.8, 4) is 0 Å². The molecule has 5 heteroatoms. The Labute approximate surface area is 145 Å². The van der Waals surface area contributed by atoms with Gasteiger partial charge in [-0.05, 0) is 42.9 Å². The van der Waals surface area contributed by atoms with Crippen LogP contribution in [0.1, 0.15) is 65.7 Å². The molecule has 0 amide bonds. The van der Waals surface area contributed by atoms with E-state index < -0.39 is 0 Å². The van der Waals surface area contributed by atoms with E-state index >= 15 is 0 Å². The van der Waals surface area contributed by atoms with Crippen LogP contribution in [0.5, 0.6) is 0 Å². The Bertz CT molecular complexity index is 622. The molecule has 24 heavy (non-hydrogen) atoms. The lowest BCUT2D eigenvalue weighted by atomic mass is 9.65. The summed E-state index contributed by atoms with van der Waals surface area (Å²) in [7, 11) is 0. The highest BCUT2D eigenvalue weighted by Crippen LogP contribution is 2.54. The Hall–Kier alpha value is -1.52. The van der Waals surface area contributed by atoms with Gasteiger partial charge in [0.05, 0.1) is 0 Å². The van der Waals surface area contributed by atoms with Gasteiger partial charge in [-0.15, -0.1) is 0 Å².